The van der Waals surface area contributed by atoms with Gasteiger partial charge in [0, 0.05) is 18.5 Å². The second kappa shape index (κ2) is 5.81. The molecule has 0 atom stereocenters. The van der Waals surface area contributed by atoms with Crippen molar-refractivity contribution in [1.29, 1.82) is 0 Å². The van der Waals surface area contributed by atoms with Gasteiger partial charge in [-0.2, -0.15) is 0 Å². The van der Waals surface area contributed by atoms with E-state index in [2.05, 4.69) is 10.3 Å². The van der Waals surface area contributed by atoms with E-state index in [9.17, 15) is 13.2 Å². The zero-order valence-corrected chi connectivity index (χ0v) is 11.1. The van der Waals surface area contributed by atoms with Gasteiger partial charge < -0.3 is 10.4 Å². The first-order valence-corrected chi connectivity index (χ1v) is 7.32. The average Bonchev–Trinajstić information content (AvgIpc) is 2.28. The summed E-state index contributed by atoms with van der Waals surface area (Å²) in [6.07, 6.45) is 1.48. The highest BCUT2D eigenvalue weighted by Crippen LogP contribution is 2.16. The van der Waals surface area contributed by atoms with Crippen LogP contribution < -0.4 is 5.32 Å². The minimum atomic E-state index is -3.07. The number of aromatic nitrogens is 1. The van der Waals surface area contributed by atoms with Gasteiger partial charge >= 0.3 is 5.97 Å². The molecule has 0 saturated carbocycles. The van der Waals surface area contributed by atoms with Crippen molar-refractivity contribution in [3.8, 4) is 0 Å². The number of nitrogens with zero attached hydrogens (tertiary/aromatic N) is 1. The number of carboxylic acid groups (broad SMARTS) is 1. The van der Waals surface area contributed by atoms with Crippen molar-refractivity contribution in [2.45, 2.75) is 13.8 Å². The standard InChI is InChI=1S/C11H16N2O4S/c1-3-18(16,17)7-6-13-10-9(11(14)15)8(2)4-5-12-10/h4-5H,3,6-7H2,1-2H3,(H,12,13)(H,14,15). The highest BCUT2D eigenvalue weighted by Gasteiger charge is 2.14. The van der Waals surface area contributed by atoms with E-state index in [1.165, 1.54) is 6.20 Å². The quantitative estimate of drug-likeness (QED) is 0.800. The Labute approximate surface area is 106 Å². The lowest BCUT2D eigenvalue weighted by atomic mass is 10.1. The van der Waals surface area contributed by atoms with Gasteiger partial charge in [0.15, 0.2) is 9.84 Å². The Kier molecular flexibility index (Phi) is 4.66. The summed E-state index contributed by atoms with van der Waals surface area (Å²) < 4.78 is 22.6. The van der Waals surface area contributed by atoms with Crippen molar-refractivity contribution in [1.82, 2.24) is 4.98 Å². The summed E-state index contributed by atoms with van der Waals surface area (Å²) in [4.78, 5) is 15.0. The zero-order valence-electron chi connectivity index (χ0n) is 10.3. The molecule has 18 heavy (non-hydrogen) atoms. The van der Waals surface area contributed by atoms with Crippen LogP contribution in [0.3, 0.4) is 0 Å². The second-order valence-corrected chi connectivity index (χ2v) is 6.29. The molecule has 0 saturated heterocycles. The van der Waals surface area contributed by atoms with Crippen LogP contribution in [0.5, 0.6) is 0 Å². The molecule has 1 aromatic heterocycles. The lowest BCUT2D eigenvalue weighted by molar-refractivity contribution is 0.0697. The van der Waals surface area contributed by atoms with E-state index in [0.29, 0.717) is 5.56 Å². The van der Waals surface area contributed by atoms with Gasteiger partial charge in [-0.15, -0.1) is 0 Å². The van der Waals surface area contributed by atoms with Crippen molar-refractivity contribution in [3.05, 3.63) is 23.4 Å². The maximum absolute atomic E-state index is 11.3. The molecule has 1 rings (SSSR count). The van der Waals surface area contributed by atoms with E-state index in [-0.39, 0.29) is 29.4 Å². The molecule has 0 aliphatic carbocycles. The summed E-state index contributed by atoms with van der Waals surface area (Å²) in [6, 6.07) is 1.59. The Morgan fingerprint density at radius 1 is 1.50 bits per heavy atom. The minimum Gasteiger partial charge on any atom is -0.478 e. The SMILES string of the molecule is CCS(=O)(=O)CCNc1nccc(C)c1C(=O)O. The normalized spacial score (nSPS) is 11.2. The van der Waals surface area contributed by atoms with Crippen LogP contribution in [0.15, 0.2) is 12.3 Å². The molecule has 1 aromatic rings. The molecule has 0 aliphatic heterocycles. The summed E-state index contributed by atoms with van der Waals surface area (Å²) in [6.45, 7) is 3.38. The summed E-state index contributed by atoms with van der Waals surface area (Å²) in [5.41, 5.74) is 0.657. The molecule has 100 valence electrons. The summed E-state index contributed by atoms with van der Waals surface area (Å²) in [7, 11) is -3.07. The molecule has 0 spiro atoms. The van der Waals surface area contributed by atoms with E-state index in [0.717, 1.165) is 0 Å². The number of carbonyl (C=O) groups is 1. The predicted octanol–water partition coefficient (Wildman–Crippen LogP) is 0.935. The van der Waals surface area contributed by atoms with Crippen LogP contribution in [0.25, 0.3) is 0 Å². The Bertz CT molecular complexity index is 540. The van der Waals surface area contributed by atoms with Gasteiger partial charge in [0.2, 0.25) is 0 Å². The monoisotopic (exact) mass is 272 g/mol. The number of nitrogens with one attached hydrogen (secondary N) is 1. The van der Waals surface area contributed by atoms with Crippen LogP contribution in [0.4, 0.5) is 5.82 Å². The third-order valence-corrected chi connectivity index (χ3v) is 4.22. The predicted molar refractivity (Wildman–Crippen MR) is 68.8 cm³/mol. The smallest absolute Gasteiger partial charge is 0.339 e. The van der Waals surface area contributed by atoms with Crippen LogP contribution in [0.2, 0.25) is 0 Å². The maximum Gasteiger partial charge on any atom is 0.339 e. The second-order valence-electron chi connectivity index (χ2n) is 3.82. The van der Waals surface area contributed by atoms with Gasteiger partial charge in [-0.1, -0.05) is 6.92 Å². The number of rotatable bonds is 6. The number of aromatic carboxylic acids is 1. The van der Waals surface area contributed by atoms with Gasteiger partial charge in [0.1, 0.15) is 11.4 Å². The molecule has 2 N–H and O–H groups in total. The number of hydrogen-bond acceptors (Lipinski definition) is 5. The molecule has 1 heterocycles. The Morgan fingerprint density at radius 2 is 2.17 bits per heavy atom. The zero-order chi connectivity index (χ0) is 13.8. The topological polar surface area (TPSA) is 96.4 Å². The maximum atomic E-state index is 11.3. The molecule has 0 unspecified atom stereocenters. The van der Waals surface area contributed by atoms with E-state index in [1.807, 2.05) is 0 Å². The van der Waals surface area contributed by atoms with E-state index in [1.54, 1.807) is 19.9 Å². The molecular formula is C11H16N2O4S. The van der Waals surface area contributed by atoms with E-state index in [4.69, 9.17) is 5.11 Å². The molecular weight excluding hydrogens is 256 g/mol. The largest absolute Gasteiger partial charge is 0.478 e. The molecule has 0 radical (unpaired) electrons. The van der Waals surface area contributed by atoms with Crippen molar-refractivity contribution in [3.63, 3.8) is 0 Å². The minimum absolute atomic E-state index is 0.0435. The van der Waals surface area contributed by atoms with Gasteiger partial charge in [0.05, 0.1) is 5.75 Å². The Hall–Kier alpha value is -1.63. The van der Waals surface area contributed by atoms with Gasteiger partial charge in [0.25, 0.3) is 0 Å². The first-order chi connectivity index (χ1) is 8.37. The first kappa shape index (κ1) is 14.4. The van der Waals surface area contributed by atoms with Crippen LogP contribution >= 0.6 is 0 Å². The molecule has 0 fully saturated rings. The van der Waals surface area contributed by atoms with Crippen LogP contribution in [0.1, 0.15) is 22.8 Å². The number of hydrogen-bond donors (Lipinski definition) is 2. The number of pyridine rings is 1. The first-order valence-electron chi connectivity index (χ1n) is 5.50. The van der Waals surface area contributed by atoms with E-state index >= 15 is 0 Å². The summed E-state index contributed by atoms with van der Waals surface area (Å²) in [5, 5.41) is 11.8. The van der Waals surface area contributed by atoms with Crippen molar-refractivity contribution < 1.29 is 18.3 Å². The van der Waals surface area contributed by atoms with Gasteiger partial charge in [-0.3, -0.25) is 0 Å². The lowest BCUT2D eigenvalue weighted by Gasteiger charge is -2.10. The summed E-state index contributed by atoms with van der Waals surface area (Å²) in [5.74, 6) is -0.852. The van der Waals surface area contributed by atoms with Gasteiger partial charge in [-0.05, 0) is 18.6 Å². The molecule has 7 heteroatoms. The number of anilines is 1. The number of sulfone groups is 1. The molecule has 0 aromatic carbocycles. The van der Waals surface area contributed by atoms with Crippen LogP contribution in [0, 0.1) is 6.92 Å². The van der Waals surface area contributed by atoms with Crippen molar-refractivity contribution in [2.75, 3.05) is 23.4 Å². The van der Waals surface area contributed by atoms with Crippen molar-refractivity contribution in [2.24, 2.45) is 0 Å². The highest BCUT2D eigenvalue weighted by molar-refractivity contribution is 7.91. The molecule has 0 bridgehead atoms. The third kappa shape index (κ3) is 3.69. The average molecular weight is 272 g/mol. The highest BCUT2D eigenvalue weighted by atomic mass is 32.2. The van der Waals surface area contributed by atoms with Gasteiger partial charge in [-0.25, -0.2) is 18.2 Å². The number of aryl methyl sites for hydroxylation is 1. The Balaban J connectivity index is 2.80. The van der Waals surface area contributed by atoms with Crippen molar-refractivity contribution >= 4 is 21.6 Å². The Morgan fingerprint density at radius 3 is 2.72 bits per heavy atom. The summed E-state index contributed by atoms with van der Waals surface area (Å²) >= 11 is 0. The van der Waals surface area contributed by atoms with Crippen LogP contribution in [-0.2, 0) is 9.84 Å². The third-order valence-electron chi connectivity index (χ3n) is 2.52. The fourth-order valence-corrected chi connectivity index (χ4v) is 2.13. The molecule has 0 amide bonds. The fraction of sp³-hybridized carbons (Fsp3) is 0.455. The lowest BCUT2D eigenvalue weighted by Crippen LogP contribution is -2.19. The number of carboxylic acids is 1. The van der Waals surface area contributed by atoms with Crippen LogP contribution in [-0.4, -0.2) is 42.5 Å². The fourth-order valence-electron chi connectivity index (χ4n) is 1.43. The molecule has 6 nitrogen and oxygen atoms in total. The molecule has 0 aliphatic rings. The van der Waals surface area contributed by atoms with E-state index < -0.39 is 15.8 Å².